The van der Waals surface area contributed by atoms with Crippen molar-refractivity contribution in [3.05, 3.63) is 18.2 Å². The number of nitrogens with one attached hydrogen (secondary N) is 1. The SMILES string of the molecule is O=C(NC1CCCCC1)On1nnc2ccc(S(=O)(=O)CCl)cc21. The molecule has 2 aromatic rings. The van der Waals surface area contributed by atoms with Crippen molar-refractivity contribution in [2.75, 3.05) is 5.21 Å². The molecule has 0 spiro atoms. The van der Waals surface area contributed by atoms with Crippen LogP contribution in [-0.4, -0.2) is 40.9 Å². The Labute approximate surface area is 144 Å². The number of hydrogen-bond donors (Lipinski definition) is 1. The molecule has 0 radical (unpaired) electrons. The number of rotatable bonds is 4. The molecule has 1 saturated carbocycles. The highest BCUT2D eigenvalue weighted by Gasteiger charge is 2.19. The second kappa shape index (κ2) is 6.94. The molecule has 3 rings (SSSR count). The Morgan fingerprint density at radius 1 is 1.33 bits per heavy atom. The summed E-state index contributed by atoms with van der Waals surface area (Å²) in [6.07, 6.45) is 4.54. The predicted molar refractivity (Wildman–Crippen MR) is 87.4 cm³/mol. The molecule has 1 aliphatic rings. The number of carbonyl (C=O) groups excluding carboxylic acids is 1. The lowest BCUT2D eigenvalue weighted by atomic mass is 9.96. The Bertz CT molecular complexity index is 846. The van der Waals surface area contributed by atoms with Crippen LogP contribution in [0, 0.1) is 0 Å². The third-order valence-corrected chi connectivity index (χ3v) is 6.11. The van der Waals surface area contributed by atoms with Gasteiger partial charge in [-0.3, -0.25) is 4.84 Å². The maximum Gasteiger partial charge on any atom is 0.433 e. The summed E-state index contributed by atoms with van der Waals surface area (Å²) in [5, 5.41) is 9.83. The quantitative estimate of drug-likeness (QED) is 0.649. The maximum atomic E-state index is 12.0. The molecule has 0 atom stereocenters. The van der Waals surface area contributed by atoms with Gasteiger partial charge in [0.1, 0.15) is 16.2 Å². The summed E-state index contributed by atoms with van der Waals surface area (Å²) in [5.74, 6) is 0. The molecule has 8 nitrogen and oxygen atoms in total. The zero-order valence-electron chi connectivity index (χ0n) is 12.8. The lowest BCUT2D eigenvalue weighted by Gasteiger charge is -2.21. The van der Waals surface area contributed by atoms with Crippen molar-refractivity contribution in [1.29, 1.82) is 0 Å². The van der Waals surface area contributed by atoms with E-state index in [9.17, 15) is 13.2 Å². The number of alkyl halides is 1. The maximum absolute atomic E-state index is 12.0. The van der Waals surface area contributed by atoms with Crippen molar-refractivity contribution in [2.24, 2.45) is 0 Å². The molecule has 1 heterocycles. The number of aromatic nitrogens is 3. The van der Waals surface area contributed by atoms with Crippen LogP contribution >= 0.6 is 11.6 Å². The number of sulfone groups is 1. The lowest BCUT2D eigenvalue weighted by molar-refractivity contribution is 0.114. The molecule has 0 aliphatic heterocycles. The van der Waals surface area contributed by atoms with Crippen molar-refractivity contribution < 1.29 is 18.0 Å². The van der Waals surface area contributed by atoms with Gasteiger partial charge in [0.15, 0.2) is 9.84 Å². The van der Waals surface area contributed by atoms with Crippen molar-refractivity contribution in [3.63, 3.8) is 0 Å². The van der Waals surface area contributed by atoms with Gasteiger partial charge in [-0.2, -0.15) is 0 Å². The second-order valence-electron chi connectivity index (χ2n) is 5.69. The van der Waals surface area contributed by atoms with Gasteiger partial charge < -0.3 is 5.32 Å². The Morgan fingerprint density at radius 2 is 2.08 bits per heavy atom. The van der Waals surface area contributed by atoms with Crippen molar-refractivity contribution in [3.8, 4) is 0 Å². The Kier molecular flexibility index (Phi) is 4.91. The normalized spacial score (nSPS) is 16.2. The van der Waals surface area contributed by atoms with Crippen LogP contribution in [0.2, 0.25) is 0 Å². The van der Waals surface area contributed by atoms with E-state index < -0.39 is 21.1 Å². The van der Waals surface area contributed by atoms with E-state index in [2.05, 4.69) is 15.6 Å². The zero-order chi connectivity index (χ0) is 17.2. The Hall–Kier alpha value is -1.87. The first-order valence-corrected chi connectivity index (χ1v) is 9.81. The van der Waals surface area contributed by atoms with Crippen molar-refractivity contribution in [1.82, 2.24) is 20.5 Å². The van der Waals surface area contributed by atoms with Gasteiger partial charge in [0, 0.05) is 6.04 Å². The molecule has 1 amide bonds. The van der Waals surface area contributed by atoms with Crippen LogP contribution in [0.15, 0.2) is 23.1 Å². The molecule has 1 aromatic carbocycles. The van der Waals surface area contributed by atoms with Gasteiger partial charge in [-0.25, -0.2) is 13.2 Å². The van der Waals surface area contributed by atoms with Crippen molar-refractivity contribution >= 4 is 38.6 Å². The molecular weight excluding hydrogens is 356 g/mol. The molecule has 130 valence electrons. The highest BCUT2D eigenvalue weighted by Crippen LogP contribution is 2.19. The van der Waals surface area contributed by atoms with Crippen LogP contribution in [0.5, 0.6) is 0 Å². The van der Waals surface area contributed by atoms with Gasteiger partial charge in [0.2, 0.25) is 0 Å². The smallest absolute Gasteiger partial charge is 0.317 e. The number of halogens is 1. The summed E-state index contributed by atoms with van der Waals surface area (Å²) in [6, 6.07) is 4.30. The van der Waals surface area contributed by atoms with E-state index >= 15 is 0 Å². The van der Waals surface area contributed by atoms with Crippen molar-refractivity contribution in [2.45, 2.75) is 43.0 Å². The average molecular weight is 373 g/mol. The molecule has 1 fully saturated rings. The largest absolute Gasteiger partial charge is 0.433 e. The first-order chi connectivity index (χ1) is 11.5. The van der Waals surface area contributed by atoms with E-state index in [0.717, 1.165) is 30.5 Å². The molecule has 1 N–H and O–H groups in total. The number of fused-ring (bicyclic) bond motifs is 1. The summed E-state index contributed by atoms with van der Waals surface area (Å²) in [7, 11) is -3.60. The van der Waals surface area contributed by atoms with Crippen LogP contribution < -0.4 is 10.2 Å². The molecular formula is C14H17ClN4O4S. The van der Waals surface area contributed by atoms with E-state index in [1.54, 1.807) is 0 Å². The fraction of sp³-hybridized carbons (Fsp3) is 0.500. The first kappa shape index (κ1) is 17.0. The minimum Gasteiger partial charge on any atom is -0.317 e. The van der Waals surface area contributed by atoms with E-state index in [4.69, 9.17) is 16.4 Å². The predicted octanol–water partition coefficient (Wildman–Crippen LogP) is 1.87. The lowest BCUT2D eigenvalue weighted by Crippen LogP contribution is -2.40. The fourth-order valence-corrected chi connectivity index (χ4v) is 3.79. The van der Waals surface area contributed by atoms with Crippen LogP contribution in [-0.2, 0) is 9.84 Å². The zero-order valence-corrected chi connectivity index (χ0v) is 14.4. The number of nitrogens with zero attached hydrogens (tertiary/aromatic N) is 3. The first-order valence-electron chi connectivity index (χ1n) is 7.62. The summed E-state index contributed by atoms with van der Waals surface area (Å²) in [5.41, 5.74) is 0.689. The van der Waals surface area contributed by atoms with Crippen LogP contribution in [0.1, 0.15) is 32.1 Å². The highest BCUT2D eigenvalue weighted by atomic mass is 35.5. The van der Waals surface area contributed by atoms with Crippen LogP contribution in [0.25, 0.3) is 11.0 Å². The highest BCUT2D eigenvalue weighted by molar-refractivity contribution is 7.92. The summed E-state index contributed by atoms with van der Waals surface area (Å²) < 4.78 is 23.7. The minimum absolute atomic E-state index is 0.0184. The number of hydrogen-bond acceptors (Lipinski definition) is 6. The third kappa shape index (κ3) is 3.62. The molecule has 24 heavy (non-hydrogen) atoms. The van der Waals surface area contributed by atoms with Gasteiger partial charge in [0.05, 0.1) is 4.90 Å². The van der Waals surface area contributed by atoms with Gasteiger partial charge in [0.25, 0.3) is 0 Å². The van der Waals surface area contributed by atoms with Gasteiger partial charge in [-0.15, -0.1) is 16.7 Å². The molecule has 0 saturated heterocycles. The van der Waals surface area contributed by atoms with Crippen LogP contribution in [0.4, 0.5) is 4.79 Å². The van der Waals surface area contributed by atoms with Gasteiger partial charge in [-0.1, -0.05) is 24.1 Å². The number of amides is 1. The van der Waals surface area contributed by atoms with E-state index in [1.165, 1.54) is 24.6 Å². The topological polar surface area (TPSA) is 103 Å². The molecule has 0 bridgehead atoms. The number of carbonyl (C=O) groups is 1. The monoisotopic (exact) mass is 372 g/mol. The molecule has 0 unspecified atom stereocenters. The standard InChI is InChI=1S/C14H17ClN4O4S/c15-9-24(21,22)11-6-7-12-13(8-11)19(18-17-12)23-14(20)16-10-4-2-1-3-5-10/h6-8,10H,1-5,9H2,(H,16,20). The molecule has 1 aromatic heterocycles. The van der Waals surface area contributed by atoms with E-state index in [-0.39, 0.29) is 16.5 Å². The van der Waals surface area contributed by atoms with E-state index in [1.807, 2.05) is 0 Å². The average Bonchev–Trinajstić information content (AvgIpc) is 2.98. The number of benzene rings is 1. The second-order valence-corrected chi connectivity index (χ2v) is 8.27. The summed E-state index contributed by atoms with van der Waals surface area (Å²) in [4.78, 5) is 18.1. The van der Waals surface area contributed by atoms with Crippen LogP contribution in [0.3, 0.4) is 0 Å². The van der Waals surface area contributed by atoms with E-state index in [0.29, 0.717) is 5.52 Å². The summed E-state index contributed by atoms with van der Waals surface area (Å²) in [6.45, 7) is 0. The fourth-order valence-electron chi connectivity index (χ4n) is 2.72. The molecule has 10 heteroatoms. The summed E-state index contributed by atoms with van der Waals surface area (Å²) >= 11 is 5.46. The third-order valence-electron chi connectivity index (χ3n) is 3.99. The van der Waals surface area contributed by atoms with Gasteiger partial charge in [-0.05, 0) is 36.3 Å². The Balaban J connectivity index is 1.79. The molecule has 1 aliphatic carbocycles. The minimum atomic E-state index is -3.60. The Morgan fingerprint density at radius 3 is 2.79 bits per heavy atom. The van der Waals surface area contributed by atoms with Gasteiger partial charge >= 0.3 is 6.09 Å².